The largest absolute Gasteiger partial charge is 0.405 e. The molecule has 0 atom stereocenters. The molecule has 0 aliphatic heterocycles. The Balaban J connectivity index is 2.07. The maximum absolute atomic E-state index is 12.1. The fourth-order valence-corrected chi connectivity index (χ4v) is 4.12. The van der Waals surface area contributed by atoms with Gasteiger partial charge in [-0.3, -0.25) is 10.1 Å². The second-order valence-electron chi connectivity index (χ2n) is 3.73. The van der Waals surface area contributed by atoms with Crippen molar-refractivity contribution >= 4 is 44.6 Å². The van der Waals surface area contributed by atoms with Gasteiger partial charge in [-0.15, -0.1) is 10.2 Å². The van der Waals surface area contributed by atoms with E-state index in [0.717, 1.165) is 39.3 Å². The molecule has 114 valence electrons. The second-order valence-corrected chi connectivity index (χ2v) is 7.23. The third-order valence-corrected chi connectivity index (χ3v) is 5.11. The highest BCUT2D eigenvalue weighted by Crippen LogP contribution is 2.41. The number of anilines is 1. The number of nitrogens with zero attached hydrogens (tertiary/aromatic N) is 3. The van der Waals surface area contributed by atoms with Gasteiger partial charge in [0.1, 0.15) is 11.4 Å². The standard InChI is InChI=1S/C9H7F3N4O2S3/c1-4-2-5(6(19-4)16(17)18)20-8-15-14-7(21-8)13-3-9(10,11)12/h2H,3H2,1H3,(H,13,14). The van der Waals surface area contributed by atoms with Crippen LogP contribution >= 0.6 is 34.4 Å². The van der Waals surface area contributed by atoms with Gasteiger partial charge < -0.3 is 5.32 Å². The van der Waals surface area contributed by atoms with Crippen molar-refractivity contribution in [2.45, 2.75) is 22.3 Å². The maximum atomic E-state index is 12.1. The number of thiophene rings is 1. The summed E-state index contributed by atoms with van der Waals surface area (Å²) in [6.45, 7) is 0.530. The summed E-state index contributed by atoms with van der Waals surface area (Å²) in [7, 11) is 0. The van der Waals surface area contributed by atoms with Crippen LogP contribution in [0.15, 0.2) is 15.3 Å². The van der Waals surface area contributed by atoms with Crippen molar-refractivity contribution in [2.75, 3.05) is 11.9 Å². The van der Waals surface area contributed by atoms with Gasteiger partial charge in [-0.2, -0.15) is 13.2 Å². The van der Waals surface area contributed by atoms with Crippen LogP contribution in [0.25, 0.3) is 0 Å². The lowest BCUT2D eigenvalue weighted by molar-refractivity contribution is -0.382. The van der Waals surface area contributed by atoms with Gasteiger partial charge in [-0.1, -0.05) is 22.7 Å². The topological polar surface area (TPSA) is 81.0 Å². The van der Waals surface area contributed by atoms with E-state index < -0.39 is 17.6 Å². The number of aromatic nitrogens is 2. The third-order valence-electron chi connectivity index (χ3n) is 2.01. The van der Waals surface area contributed by atoms with Crippen LogP contribution in [0.1, 0.15) is 4.88 Å². The van der Waals surface area contributed by atoms with Crippen molar-refractivity contribution in [3.63, 3.8) is 0 Å². The zero-order valence-electron chi connectivity index (χ0n) is 10.3. The molecular formula is C9H7F3N4O2S3. The lowest BCUT2D eigenvalue weighted by Crippen LogP contribution is -2.21. The van der Waals surface area contributed by atoms with Crippen molar-refractivity contribution < 1.29 is 18.1 Å². The van der Waals surface area contributed by atoms with Crippen LogP contribution in [0.2, 0.25) is 0 Å². The molecule has 2 rings (SSSR count). The summed E-state index contributed by atoms with van der Waals surface area (Å²) in [4.78, 5) is 11.6. The fraction of sp³-hybridized carbons (Fsp3) is 0.333. The van der Waals surface area contributed by atoms with Crippen LogP contribution in [0.3, 0.4) is 0 Å². The molecule has 2 aromatic heterocycles. The first-order chi connectivity index (χ1) is 9.74. The van der Waals surface area contributed by atoms with Crippen molar-refractivity contribution in [3.05, 3.63) is 21.1 Å². The first-order valence-corrected chi connectivity index (χ1v) is 7.76. The zero-order chi connectivity index (χ0) is 15.6. The van der Waals surface area contributed by atoms with E-state index in [9.17, 15) is 23.3 Å². The van der Waals surface area contributed by atoms with E-state index in [2.05, 4.69) is 15.5 Å². The van der Waals surface area contributed by atoms with Crippen molar-refractivity contribution in [1.82, 2.24) is 10.2 Å². The van der Waals surface area contributed by atoms with E-state index in [1.807, 2.05) is 0 Å². The van der Waals surface area contributed by atoms with E-state index in [-0.39, 0.29) is 10.1 Å². The van der Waals surface area contributed by atoms with Gasteiger partial charge in [0.2, 0.25) is 5.13 Å². The lowest BCUT2D eigenvalue weighted by Gasteiger charge is -2.05. The van der Waals surface area contributed by atoms with E-state index in [1.54, 1.807) is 13.0 Å². The molecule has 6 nitrogen and oxygen atoms in total. The first-order valence-electron chi connectivity index (χ1n) is 5.31. The Morgan fingerprint density at radius 3 is 2.76 bits per heavy atom. The zero-order valence-corrected chi connectivity index (χ0v) is 12.8. The Morgan fingerprint density at radius 2 is 2.14 bits per heavy atom. The van der Waals surface area contributed by atoms with Gasteiger partial charge in [-0.25, -0.2) is 0 Å². The molecule has 0 aliphatic carbocycles. The molecule has 12 heteroatoms. The number of nitrogens with one attached hydrogen (secondary N) is 1. The molecule has 0 saturated heterocycles. The fourth-order valence-electron chi connectivity index (χ4n) is 1.27. The van der Waals surface area contributed by atoms with Crippen molar-refractivity contribution in [3.8, 4) is 0 Å². The molecule has 0 spiro atoms. The SMILES string of the molecule is Cc1cc(Sc2nnc(NCC(F)(F)F)s2)c([N+](=O)[O-])s1. The predicted molar refractivity (Wildman–Crippen MR) is 74.3 cm³/mol. The van der Waals surface area contributed by atoms with Crippen LogP contribution < -0.4 is 5.32 Å². The summed E-state index contributed by atoms with van der Waals surface area (Å²) in [5, 5.41) is 20.3. The monoisotopic (exact) mass is 356 g/mol. The molecule has 0 radical (unpaired) electrons. The van der Waals surface area contributed by atoms with Crippen LogP contribution in [-0.4, -0.2) is 27.8 Å². The van der Waals surface area contributed by atoms with Gasteiger partial charge in [0.25, 0.3) is 0 Å². The molecular weight excluding hydrogens is 349 g/mol. The van der Waals surface area contributed by atoms with Crippen molar-refractivity contribution in [1.29, 1.82) is 0 Å². The van der Waals surface area contributed by atoms with Crippen LogP contribution in [0.5, 0.6) is 0 Å². The summed E-state index contributed by atoms with van der Waals surface area (Å²) < 4.78 is 36.5. The molecule has 0 aliphatic rings. The quantitative estimate of drug-likeness (QED) is 0.645. The molecule has 0 bridgehead atoms. The summed E-state index contributed by atoms with van der Waals surface area (Å²) in [5.74, 6) is 0. The number of aryl methyl sites for hydroxylation is 1. The summed E-state index contributed by atoms with van der Waals surface area (Å²) in [6.07, 6.45) is -4.35. The molecule has 2 heterocycles. The number of alkyl halides is 3. The van der Waals surface area contributed by atoms with Gasteiger partial charge in [0.05, 0.1) is 4.92 Å². The second kappa shape index (κ2) is 6.15. The number of halogens is 3. The van der Waals surface area contributed by atoms with Gasteiger partial charge in [0.15, 0.2) is 4.34 Å². The first kappa shape index (κ1) is 16.0. The Hall–Kier alpha value is -1.40. The highest BCUT2D eigenvalue weighted by Gasteiger charge is 2.27. The molecule has 21 heavy (non-hydrogen) atoms. The van der Waals surface area contributed by atoms with Crippen LogP contribution in [0, 0.1) is 17.0 Å². The predicted octanol–water partition coefficient (Wildman–Crippen LogP) is 3.94. The smallest absolute Gasteiger partial charge is 0.351 e. The average molecular weight is 356 g/mol. The molecule has 0 saturated carbocycles. The molecule has 0 amide bonds. The van der Waals surface area contributed by atoms with Gasteiger partial charge in [-0.05, 0) is 24.8 Å². The minimum Gasteiger partial charge on any atom is -0.351 e. The summed E-state index contributed by atoms with van der Waals surface area (Å²) in [5.41, 5.74) is 0. The number of nitro groups is 1. The Labute approximate surface area is 128 Å². The van der Waals surface area contributed by atoms with Crippen LogP contribution in [-0.2, 0) is 0 Å². The van der Waals surface area contributed by atoms with E-state index >= 15 is 0 Å². The third kappa shape index (κ3) is 4.54. The molecule has 0 unspecified atom stereocenters. The normalized spacial score (nSPS) is 11.6. The van der Waals surface area contributed by atoms with Crippen LogP contribution in [0.4, 0.5) is 23.3 Å². The minimum absolute atomic E-state index is 0.0162. The number of hydrogen-bond donors (Lipinski definition) is 1. The molecule has 0 fully saturated rings. The minimum atomic E-state index is -4.35. The van der Waals surface area contributed by atoms with E-state index in [4.69, 9.17) is 0 Å². The molecule has 0 aromatic carbocycles. The number of rotatable bonds is 5. The van der Waals surface area contributed by atoms with E-state index in [0.29, 0.717) is 9.24 Å². The van der Waals surface area contributed by atoms with Crippen molar-refractivity contribution in [2.24, 2.45) is 0 Å². The van der Waals surface area contributed by atoms with E-state index in [1.165, 1.54) is 0 Å². The summed E-state index contributed by atoms with van der Waals surface area (Å²) in [6, 6.07) is 1.64. The number of hydrogen-bond acceptors (Lipinski definition) is 8. The van der Waals surface area contributed by atoms with Gasteiger partial charge >= 0.3 is 11.2 Å². The highest BCUT2D eigenvalue weighted by atomic mass is 32.2. The summed E-state index contributed by atoms with van der Waals surface area (Å²) >= 11 is 2.95. The van der Waals surface area contributed by atoms with Gasteiger partial charge in [0, 0.05) is 4.88 Å². The Kier molecular flexibility index (Phi) is 4.68. The Bertz CT molecular complexity index is 655. The lowest BCUT2D eigenvalue weighted by atomic mass is 10.5. The highest BCUT2D eigenvalue weighted by molar-refractivity contribution is 8.01. The Morgan fingerprint density at radius 1 is 1.43 bits per heavy atom. The maximum Gasteiger partial charge on any atom is 0.405 e. The average Bonchev–Trinajstić information content (AvgIpc) is 2.93. The molecule has 2 aromatic rings. The molecule has 1 N–H and O–H groups in total.